The standard InChI is InChI=1S/C4H8Cl4Si/c1-4(2-5)3-9(6,7)8/h4H,2-3H2,1H3/t4-/m1/s1. The van der Waals surface area contributed by atoms with Crippen molar-refractivity contribution in [3.05, 3.63) is 0 Å². The van der Waals surface area contributed by atoms with E-state index >= 15 is 0 Å². The van der Waals surface area contributed by atoms with E-state index in [-0.39, 0.29) is 0 Å². The molecule has 0 unspecified atom stereocenters. The average molecular weight is 226 g/mol. The summed E-state index contributed by atoms with van der Waals surface area (Å²) in [7, 11) is 0. The Labute approximate surface area is 75.5 Å². The summed E-state index contributed by atoms with van der Waals surface area (Å²) in [6.07, 6.45) is 0. The fourth-order valence-electron chi connectivity index (χ4n) is 0.450. The summed E-state index contributed by atoms with van der Waals surface area (Å²) in [5.74, 6) is 0.895. The van der Waals surface area contributed by atoms with Crippen molar-refractivity contribution in [1.82, 2.24) is 0 Å². The van der Waals surface area contributed by atoms with E-state index in [1.807, 2.05) is 6.92 Å². The Morgan fingerprint density at radius 2 is 1.78 bits per heavy atom. The van der Waals surface area contributed by atoms with E-state index in [9.17, 15) is 0 Å². The maximum atomic E-state index is 5.62. The van der Waals surface area contributed by atoms with E-state index in [0.29, 0.717) is 17.8 Å². The maximum absolute atomic E-state index is 5.62. The minimum atomic E-state index is -2.41. The second-order valence-corrected chi connectivity index (χ2v) is 11.6. The van der Waals surface area contributed by atoms with Crippen LogP contribution in [0, 0.1) is 5.92 Å². The van der Waals surface area contributed by atoms with Crippen LogP contribution in [0.25, 0.3) is 0 Å². The van der Waals surface area contributed by atoms with Gasteiger partial charge < -0.3 is 0 Å². The fourth-order valence-corrected chi connectivity index (χ4v) is 4.05. The van der Waals surface area contributed by atoms with Crippen molar-refractivity contribution < 1.29 is 0 Å². The number of hydrogen-bond acceptors (Lipinski definition) is 0. The molecular formula is C4H8Cl4Si. The molecule has 56 valence electrons. The average Bonchev–Trinajstić information content (AvgIpc) is 1.62. The van der Waals surface area contributed by atoms with E-state index < -0.39 is 6.00 Å². The van der Waals surface area contributed by atoms with E-state index in [4.69, 9.17) is 44.8 Å². The van der Waals surface area contributed by atoms with Gasteiger partial charge in [-0.25, -0.2) is 0 Å². The number of halogens is 4. The van der Waals surface area contributed by atoms with Crippen LogP contribution in [-0.4, -0.2) is 11.9 Å². The molecule has 0 heterocycles. The number of hydrogen-bond donors (Lipinski definition) is 0. The van der Waals surface area contributed by atoms with Gasteiger partial charge in [-0.3, -0.25) is 0 Å². The van der Waals surface area contributed by atoms with Gasteiger partial charge in [0, 0.05) is 5.88 Å². The lowest BCUT2D eigenvalue weighted by atomic mass is 10.3. The third kappa shape index (κ3) is 7.27. The largest absolute Gasteiger partial charge is 0.341 e. The second kappa shape index (κ2) is 4.30. The molecule has 5 heteroatoms. The Kier molecular flexibility index (Phi) is 4.95. The van der Waals surface area contributed by atoms with Gasteiger partial charge in [-0.05, 0) is 12.0 Å². The zero-order chi connectivity index (χ0) is 7.49. The zero-order valence-corrected chi connectivity index (χ0v) is 9.03. The van der Waals surface area contributed by atoms with E-state index in [2.05, 4.69) is 0 Å². The van der Waals surface area contributed by atoms with Crippen LogP contribution < -0.4 is 0 Å². The van der Waals surface area contributed by atoms with Gasteiger partial charge in [0.2, 0.25) is 0 Å². The van der Waals surface area contributed by atoms with Crippen LogP contribution in [0.2, 0.25) is 6.04 Å². The molecule has 0 spiro atoms. The van der Waals surface area contributed by atoms with Crippen molar-refractivity contribution >= 4 is 50.8 Å². The van der Waals surface area contributed by atoms with Crippen LogP contribution >= 0.6 is 44.8 Å². The molecule has 0 aliphatic heterocycles. The van der Waals surface area contributed by atoms with E-state index in [0.717, 1.165) is 0 Å². The Bertz CT molecular complexity index is 79.1. The maximum Gasteiger partial charge on any atom is 0.341 e. The monoisotopic (exact) mass is 224 g/mol. The highest BCUT2D eigenvalue weighted by molar-refractivity contribution is 7.64. The third-order valence-electron chi connectivity index (χ3n) is 0.843. The first-order chi connectivity index (χ1) is 3.95. The van der Waals surface area contributed by atoms with Crippen molar-refractivity contribution in [2.24, 2.45) is 5.92 Å². The molecule has 0 aliphatic carbocycles. The molecule has 9 heavy (non-hydrogen) atoms. The van der Waals surface area contributed by atoms with Crippen LogP contribution in [0.1, 0.15) is 6.92 Å². The normalized spacial score (nSPS) is 15.7. The fraction of sp³-hybridized carbons (Fsp3) is 1.00. The van der Waals surface area contributed by atoms with Crippen molar-refractivity contribution in [1.29, 1.82) is 0 Å². The molecule has 0 bridgehead atoms. The van der Waals surface area contributed by atoms with E-state index in [1.165, 1.54) is 0 Å². The van der Waals surface area contributed by atoms with Crippen molar-refractivity contribution in [2.45, 2.75) is 13.0 Å². The van der Waals surface area contributed by atoms with Crippen LogP contribution in [0.4, 0.5) is 0 Å². The molecule has 0 amide bonds. The minimum absolute atomic E-state index is 0.325. The Balaban J connectivity index is 3.47. The third-order valence-corrected chi connectivity index (χ3v) is 3.92. The molecule has 0 aliphatic rings. The second-order valence-electron chi connectivity index (χ2n) is 2.08. The first kappa shape index (κ1) is 10.4. The van der Waals surface area contributed by atoms with Gasteiger partial charge in [0.05, 0.1) is 0 Å². The Morgan fingerprint density at radius 3 is 1.89 bits per heavy atom. The molecule has 0 aromatic heterocycles. The van der Waals surface area contributed by atoms with Crippen molar-refractivity contribution in [2.75, 3.05) is 5.88 Å². The van der Waals surface area contributed by atoms with E-state index in [1.54, 1.807) is 0 Å². The summed E-state index contributed by atoms with van der Waals surface area (Å²) in [6, 6.07) is -1.76. The predicted octanol–water partition coefficient (Wildman–Crippen LogP) is 3.52. The summed E-state index contributed by atoms with van der Waals surface area (Å²) in [5.41, 5.74) is 0. The molecule has 1 atom stereocenters. The number of rotatable bonds is 3. The van der Waals surface area contributed by atoms with Crippen molar-refractivity contribution in [3.8, 4) is 0 Å². The lowest BCUT2D eigenvalue weighted by Crippen LogP contribution is -2.14. The van der Waals surface area contributed by atoms with Gasteiger partial charge in [0.1, 0.15) is 0 Å². The summed E-state index contributed by atoms with van der Waals surface area (Å²) in [4.78, 5) is 0. The van der Waals surface area contributed by atoms with Crippen LogP contribution in [-0.2, 0) is 0 Å². The highest BCUT2D eigenvalue weighted by Crippen LogP contribution is 2.29. The Morgan fingerprint density at radius 1 is 1.33 bits per heavy atom. The van der Waals surface area contributed by atoms with Crippen LogP contribution in [0.15, 0.2) is 0 Å². The summed E-state index contributed by atoms with van der Waals surface area (Å²) in [6.45, 7) is 1.97. The van der Waals surface area contributed by atoms with Gasteiger partial charge in [0.25, 0.3) is 0 Å². The topological polar surface area (TPSA) is 0 Å². The SMILES string of the molecule is C[C@H](CCl)C[Si](Cl)(Cl)Cl. The lowest BCUT2D eigenvalue weighted by molar-refractivity contribution is 0.739. The molecule has 0 N–H and O–H groups in total. The van der Waals surface area contributed by atoms with Crippen LogP contribution in [0.5, 0.6) is 0 Å². The van der Waals surface area contributed by atoms with Gasteiger partial charge in [-0.15, -0.1) is 44.8 Å². The molecule has 0 fully saturated rings. The molecule has 0 rings (SSSR count). The lowest BCUT2D eigenvalue weighted by Gasteiger charge is -2.11. The number of alkyl halides is 1. The highest BCUT2D eigenvalue weighted by Gasteiger charge is 2.26. The molecule has 0 radical (unpaired) electrons. The van der Waals surface area contributed by atoms with Crippen molar-refractivity contribution in [3.63, 3.8) is 0 Å². The Hall–Kier alpha value is 1.38. The molecule has 0 aromatic carbocycles. The quantitative estimate of drug-likeness (QED) is 0.392. The highest BCUT2D eigenvalue weighted by atomic mass is 35.8. The minimum Gasteiger partial charge on any atom is -0.126 e. The predicted molar refractivity (Wildman–Crippen MR) is 48.0 cm³/mol. The smallest absolute Gasteiger partial charge is 0.126 e. The zero-order valence-electron chi connectivity index (χ0n) is 5.00. The first-order valence-electron chi connectivity index (χ1n) is 2.58. The van der Waals surface area contributed by atoms with Gasteiger partial charge in [-0.1, -0.05) is 6.92 Å². The molecular weight excluding hydrogens is 218 g/mol. The van der Waals surface area contributed by atoms with Crippen LogP contribution in [0.3, 0.4) is 0 Å². The first-order valence-corrected chi connectivity index (χ1v) is 8.36. The molecule has 0 saturated heterocycles. The van der Waals surface area contributed by atoms with Gasteiger partial charge in [0.15, 0.2) is 0 Å². The van der Waals surface area contributed by atoms with Gasteiger partial charge >= 0.3 is 6.00 Å². The summed E-state index contributed by atoms with van der Waals surface area (Å²) >= 11 is 22.4. The molecule has 0 nitrogen and oxygen atoms in total. The molecule has 0 aromatic rings. The summed E-state index contributed by atoms with van der Waals surface area (Å²) < 4.78 is 0. The summed E-state index contributed by atoms with van der Waals surface area (Å²) in [5, 5.41) is 0. The molecule has 0 saturated carbocycles. The van der Waals surface area contributed by atoms with Gasteiger partial charge in [-0.2, -0.15) is 0 Å².